The van der Waals surface area contributed by atoms with Gasteiger partial charge in [0, 0.05) is 18.7 Å². The molecule has 3 nitrogen and oxygen atoms in total. The quantitative estimate of drug-likeness (QED) is 0.697. The van der Waals surface area contributed by atoms with Crippen LogP contribution in [-0.2, 0) is 14.3 Å². The minimum absolute atomic E-state index is 0.0526. The van der Waals surface area contributed by atoms with E-state index in [1.165, 1.54) is 0 Å². The second kappa shape index (κ2) is 4.81. The third kappa shape index (κ3) is 2.19. The molecule has 0 aromatic rings. The second-order valence-corrected chi connectivity index (χ2v) is 4.59. The van der Waals surface area contributed by atoms with E-state index in [1.807, 2.05) is 0 Å². The van der Waals surface area contributed by atoms with Crippen molar-refractivity contribution in [1.29, 1.82) is 0 Å². The van der Waals surface area contributed by atoms with Gasteiger partial charge in [0.25, 0.3) is 0 Å². The smallest absolute Gasteiger partial charge is 0.178 e. The number of hydrogen-bond acceptors (Lipinski definition) is 3. The van der Waals surface area contributed by atoms with Crippen LogP contribution in [0.5, 0.6) is 0 Å². The molecular weight excluding hydrogens is 216 g/mol. The Bertz CT molecular complexity index is 236. The summed E-state index contributed by atoms with van der Waals surface area (Å²) < 4.78 is 11.4. The molecule has 0 amide bonds. The average Bonchev–Trinajstić information content (AvgIpc) is 2.84. The Balaban J connectivity index is 2.07. The van der Waals surface area contributed by atoms with Crippen LogP contribution in [0.15, 0.2) is 0 Å². The molecule has 2 rings (SSSR count). The molecule has 1 saturated heterocycles. The van der Waals surface area contributed by atoms with Gasteiger partial charge in [-0.1, -0.05) is 0 Å². The van der Waals surface area contributed by atoms with Crippen molar-refractivity contribution < 1.29 is 14.3 Å². The number of carbonyl (C=O) groups excluding carboxylic acids is 1. The van der Waals surface area contributed by atoms with Gasteiger partial charge in [-0.25, -0.2) is 0 Å². The number of hydrogen-bond donors (Lipinski definition) is 0. The third-order valence-corrected chi connectivity index (χ3v) is 3.54. The van der Waals surface area contributed by atoms with Crippen LogP contribution in [0.4, 0.5) is 0 Å². The van der Waals surface area contributed by atoms with Gasteiger partial charge < -0.3 is 9.47 Å². The lowest BCUT2D eigenvalue weighted by Crippen LogP contribution is -2.41. The first kappa shape index (κ1) is 11.4. The molecule has 4 heteroatoms. The minimum Gasteiger partial charge on any atom is -0.347 e. The molecule has 0 radical (unpaired) electrons. The van der Waals surface area contributed by atoms with E-state index < -0.39 is 5.79 Å². The lowest BCUT2D eigenvalue weighted by molar-refractivity contribution is -0.198. The molecule has 1 saturated carbocycles. The van der Waals surface area contributed by atoms with Crippen LogP contribution >= 0.6 is 11.6 Å². The maximum Gasteiger partial charge on any atom is 0.178 e. The van der Waals surface area contributed by atoms with Crippen LogP contribution in [0.1, 0.15) is 32.1 Å². The van der Waals surface area contributed by atoms with E-state index in [2.05, 4.69) is 0 Å². The summed E-state index contributed by atoms with van der Waals surface area (Å²) in [6.45, 7) is 1.21. The monoisotopic (exact) mass is 232 g/mol. The van der Waals surface area contributed by atoms with Gasteiger partial charge in [0.2, 0.25) is 0 Å². The minimum atomic E-state index is -0.636. The largest absolute Gasteiger partial charge is 0.347 e. The molecule has 2 aliphatic rings. The number of Topliss-reactive ketones (excluding diaryl/α,β-unsaturated/α-hetero) is 1. The Morgan fingerprint density at radius 2 is 2.13 bits per heavy atom. The summed E-state index contributed by atoms with van der Waals surface area (Å²) in [6, 6.07) is 0. The first-order valence-electron chi connectivity index (χ1n) is 5.65. The fourth-order valence-electron chi connectivity index (χ4n) is 2.58. The zero-order valence-corrected chi connectivity index (χ0v) is 9.59. The summed E-state index contributed by atoms with van der Waals surface area (Å²) in [5.74, 6) is 0.201. The first-order chi connectivity index (χ1) is 7.28. The van der Waals surface area contributed by atoms with Crippen molar-refractivity contribution in [3.63, 3.8) is 0 Å². The lowest BCUT2D eigenvalue weighted by atomic mass is 9.92. The van der Waals surface area contributed by atoms with Crippen molar-refractivity contribution >= 4 is 17.4 Å². The number of carbonyl (C=O) groups is 1. The van der Waals surface area contributed by atoms with Gasteiger partial charge in [-0.15, -0.1) is 11.6 Å². The van der Waals surface area contributed by atoms with Crippen LogP contribution in [0.3, 0.4) is 0 Å². The van der Waals surface area contributed by atoms with Crippen LogP contribution in [-0.4, -0.2) is 30.7 Å². The maximum atomic E-state index is 11.7. The number of rotatable bonds is 4. The van der Waals surface area contributed by atoms with E-state index in [1.54, 1.807) is 0 Å². The van der Waals surface area contributed by atoms with Gasteiger partial charge in [0.15, 0.2) is 5.79 Å². The van der Waals surface area contributed by atoms with Crippen molar-refractivity contribution in [1.82, 2.24) is 0 Å². The molecule has 1 heterocycles. The Labute approximate surface area is 95.1 Å². The summed E-state index contributed by atoms with van der Waals surface area (Å²) in [5.41, 5.74) is 0. The predicted molar refractivity (Wildman–Crippen MR) is 56.9 cm³/mol. The lowest BCUT2D eigenvalue weighted by Gasteiger charge is -2.32. The van der Waals surface area contributed by atoms with E-state index in [0.29, 0.717) is 31.3 Å². The normalized spacial score (nSPS) is 29.9. The van der Waals surface area contributed by atoms with Gasteiger partial charge in [0.05, 0.1) is 19.1 Å². The highest BCUT2D eigenvalue weighted by molar-refractivity contribution is 6.17. The second-order valence-electron chi connectivity index (χ2n) is 4.21. The first-order valence-corrected chi connectivity index (χ1v) is 6.18. The summed E-state index contributed by atoms with van der Waals surface area (Å²) in [7, 11) is 0. The molecule has 0 aromatic heterocycles. The van der Waals surface area contributed by atoms with Gasteiger partial charge in [-0.3, -0.25) is 4.79 Å². The Morgan fingerprint density at radius 3 is 2.67 bits per heavy atom. The number of alkyl halides is 1. The molecular formula is C11H17ClO3. The van der Waals surface area contributed by atoms with Gasteiger partial charge in [0.1, 0.15) is 5.78 Å². The number of ether oxygens (including phenoxy) is 2. The molecule has 0 spiro atoms. The molecule has 1 aliphatic carbocycles. The van der Waals surface area contributed by atoms with Crippen molar-refractivity contribution in [2.45, 2.75) is 37.9 Å². The van der Waals surface area contributed by atoms with E-state index in [0.717, 1.165) is 25.7 Å². The zero-order chi connectivity index (χ0) is 10.7. The molecule has 86 valence electrons. The van der Waals surface area contributed by atoms with E-state index in [9.17, 15) is 4.79 Å². The van der Waals surface area contributed by atoms with Crippen molar-refractivity contribution in [3.8, 4) is 0 Å². The highest BCUT2D eigenvalue weighted by Crippen LogP contribution is 2.40. The highest BCUT2D eigenvalue weighted by Gasteiger charge is 2.48. The predicted octanol–water partition coefficient (Wildman–Crippen LogP) is 2.12. The zero-order valence-electron chi connectivity index (χ0n) is 8.84. The Morgan fingerprint density at radius 1 is 1.40 bits per heavy atom. The van der Waals surface area contributed by atoms with E-state index in [4.69, 9.17) is 21.1 Å². The van der Waals surface area contributed by atoms with Crippen LogP contribution in [0.2, 0.25) is 0 Å². The van der Waals surface area contributed by atoms with Gasteiger partial charge in [-0.2, -0.15) is 0 Å². The molecule has 1 unspecified atom stereocenters. The number of halogens is 1. The average molecular weight is 233 g/mol. The van der Waals surface area contributed by atoms with Crippen molar-refractivity contribution in [2.24, 2.45) is 5.92 Å². The van der Waals surface area contributed by atoms with Gasteiger partial charge in [-0.05, 0) is 19.3 Å². The van der Waals surface area contributed by atoms with Crippen LogP contribution < -0.4 is 0 Å². The van der Waals surface area contributed by atoms with Crippen molar-refractivity contribution in [2.75, 3.05) is 19.1 Å². The Hall–Kier alpha value is -0.120. The highest BCUT2D eigenvalue weighted by atomic mass is 35.5. The van der Waals surface area contributed by atoms with Gasteiger partial charge >= 0.3 is 0 Å². The summed E-state index contributed by atoms with van der Waals surface area (Å²) in [5, 5.41) is 0. The van der Waals surface area contributed by atoms with Crippen molar-refractivity contribution in [3.05, 3.63) is 0 Å². The summed E-state index contributed by atoms with van der Waals surface area (Å²) in [4.78, 5) is 11.7. The molecule has 0 bridgehead atoms. The fourth-order valence-corrected chi connectivity index (χ4v) is 2.72. The van der Waals surface area contributed by atoms with Crippen LogP contribution in [0, 0.1) is 5.92 Å². The SMILES string of the molecule is O=C1CCCC1C1(CCCCl)OCCO1. The third-order valence-electron chi connectivity index (χ3n) is 3.27. The van der Waals surface area contributed by atoms with Crippen LogP contribution in [0.25, 0.3) is 0 Å². The molecule has 2 fully saturated rings. The summed E-state index contributed by atoms with van der Waals surface area (Å²) >= 11 is 5.69. The van der Waals surface area contributed by atoms with E-state index >= 15 is 0 Å². The van der Waals surface area contributed by atoms with E-state index in [-0.39, 0.29) is 5.92 Å². The topological polar surface area (TPSA) is 35.5 Å². The maximum absolute atomic E-state index is 11.7. The number of ketones is 1. The molecule has 1 aliphatic heterocycles. The fraction of sp³-hybridized carbons (Fsp3) is 0.909. The standard InChI is InChI=1S/C11H17ClO3/c12-6-2-5-11(14-7-8-15-11)9-3-1-4-10(9)13/h9H,1-8H2. The molecule has 0 N–H and O–H groups in total. The molecule has 0 aromatic carbocycles. The molecule has 15 heavy (non-hydrogen) atoms. The Kier molecular flexibility index (Phi) is 3.65. The summed E-state index contributed by atoms with van der Waals surface area (Å²) in [6.07, 6.45) is 4.14. The molecule has 1 atom stereocenters.